The van der Waals surface area contributed by atoms with Gasteiger partial charge in [0.1, 0.15) is 17.1 Å². The van der Waals surface area contributed by atoms with Crippen LogP contribution in [0.1, 0.15) is 34.1 Å². The fourth-order valence-corrected chi connectivity index (χ4v) is 1.64. The highest BCUT2D eigenvalue weighted by molar-refractivity contribution is 5.89. The lowest BCUT2D eigenvalue weighted by molar-refractivity contribution is 0.0578. The predicted octanol–water partition coefficient (Wildman–Crippen LogP) is 3.70. The maximum absolute atomic E-state index is 14.0. The summed E-state index contributed by atoms with van der Waals surface area (Å²) in [5.74, 6) is -1.81. The molecule has 0 aliphatic carbocycles. The summed E-state index contributed by atoms with van der Waals surface area (Å²) in [7, 11) is 0. The van der Waals surface area contributed by atoms with Gasteiger partial charge in [0.05, 0.1) is 5.69 Å². The second kappa shape index (κ2) is 6.07. The highest BCUT2D eigenvalue weighted by Gasteiger charge is 2.28. The van der Waals surface area contributed by atoms with Crippen molar-refractivity contribution >= 4 is 17.5 Å². The third-order valence-electron chi connectivity index (χ3n) is 2.43. The fourth-order valence-electron chi connectivity index (χ4n) is 1.64. The van der Waals surface area contributed by atoms with Crippen LogP contribution < -0.4 is 10.6 Å². The van der Waals surface area contributed by atoms with E-state index in [2.05, 4.69) is 0 Å². The maximum atomic E-state index is 14.0. The van der Waals surface area contributed by atoms with Gasteiger partial charge in [0.2, 0.25) is 0 Å². The molecular weight excluding hydrogens is 266 g/mol. The molecule has 0 aliphatic rings. The van der Waals surface area contributed by atoms with Gasteiger partial charge in [-0.05, 0) is 39.3 Å². The SMILES string of the molecule is CCCN(C(=O)OC(C)(C)C)c1c(F)ccc(N)c1F. The molecule has 0 unspecified atom stereocenters. The molecule has 4 nitrogen and oxygen atoms in total. The van der Waals surface area contributed by atoms with E-state index in [-0.39, 0.29) is 12.2 Å². The van der Waals surface area contributed by atoms with Crippen LogP contribution in [0.5, 0.6) is 0 Å². The van der Waals surface area contributed by atoms with Crippen molar-refractivity contribution < 1.29 is 18.3 Å². The average Bonchev–Trinajstić information content (AvgIpc) is 2.31. The van der Waals surface area contributed by atoms with Gasteiger partial charge in [-0.1, -0.05) is 6.92 Å². The van der Waals surface area contributed by atoms with Crippen LogP contribution in [0.25, 0.3) is 0 Å². The van der Waals surface area contributed by atoms with Gasteiger partial charge in [-0.25, -0.2) is 13.6 Å². The fraction of sp³-hybridized carbons (Fsp3) is 0.500. The first-order chi connectivity index (χ1) is 9.17. The Morgan fingerprint density at radius 3 is 2.45 bits per heavy atom. The molecule has 112 valence electrons. The molecule has 20 heavy (non-hydrogen) atoms. The average molecular weight is 286 g/mol. The number of nitrogens with zero attached hydrogens (tertiary/aromatic N) is 1. The number of nitrogens with two attached hydrogens (primary N) is 1. The zero-order valence-electron chi connectivity index (χ0n) is 12.2. The number of halogens is 2. The number of benzene rings is 1. The largest absolute Gasteiger partial charge is 0.443 e. The first-order valence-electron chi connectivity index (χ1n) is 6.41. The third-order valence-corrected chi connectivity index (χ3v) is 2.43. The number of ether oxygens (including phenoxy) is 1. The van der Waals surface area contributed by atoms with Gasteiger partial charge in [-0.15, -0.1) is 0 Å². The van der Waals surface area contributed by atoms with Crippen molar-refractivity contribution in [1.29, 1.82) is 0 Å². The van der Waals surface area contributed by atoms with Crippen molar-refractivity contribution in [1.82, 2.24) is 0 Å². The molecule has 1 aromatic rings. The van der Waals surface area contributed by atoms with E-state index in [1.54, 1.807) is 27.7 Å². The van der Waals surface area contributed by atoms with E-state index >= 15 is 0 Å². The Hall–Kier alpha value is -1.85. The van der Waals surface area contributed by atoms with Crippen LogP contribution in [0.4, 0.5) is 25.0 Å². The first-order valence-corrected chi connectivity index (χ1v) is 6.41. The molecule has 2 N–H and O–H groups in total. The lowest BCUT2D eigenvalue weighted by Gasteiger charge is -2.27. The highest BCUT2D eigenvalue weighted by Crippen LogP contribution is 2.29. The molecular formula is C14H20F2N2O2. The molecule has 1 rings (SSSR count). The molecule has 1 amide bonds. The van der Waals surface area contributed by atoms with E-state index in [0.29, 0.717) is 6.42 Å². The number of hydrogen-bond acceptors (Lipinski definition) is 3. The Kier molecular flexibility index (Phi) is 4.92. The Morgan fingerprint density at radius 1 is 1.35 bits per heavy atom. The van der Waals surface area contributed by atoms with E-state index in [4.69, 9.17) is 10.5 Å². The molecule has 0 aliphatic heterocycles. The van der Waals surface area contributed by atoms with Gasteiger partial charge >= 0.3 is 6.09 Å². The van der Waals surface area contributed by atoms with Crippen molar-refractivity contribution in [3.8, 4) is 0 Å². The van der Waals surface area contributed by atoms with Crippen LogP contribution in [0.2, 0.25) is 0 Å². The van der Waals surface area contributed by atoms with E-state index in [0.717, 1.165) is 17.0 Å². The number of carbonyl (C=O) groups excluding carboxylic acids is 1. The van der Waals surface area contributed by atoms with E-state index in [1.165, 1.54) is 0 Å². The third kappa shape index (κ3) is 3.82. The smallest absolute Gasteiger partial charge is 0.414 e. The Morgan fingerprint density at radius 2 is 1.95 bits per heavy atom. The number of nitrogen functional groups attached to an aromatic ring is 1. The minimum atomic E-state index is -0.954. The normalized spacial score (nSPS) is 11.3. The second-order valence-electron chi connectivity index (χ2n) is 5.43. The van der Waals surface area contributed by atoms with Crippen LogP contribution >= 0.6 is 0 Å². The molecule has 0 bridgehead atoms. The Balaban J connectivity index is 3.21. The zero-order valence-corrected chi connectivity index (χ0v) is 12.2. The number of carbonyl (C=O) groups is 1. The molecule has 0 saturated heterocycles. The first kappa shape index (κ1) is 16.2. The van der Waals surface area contributed by atoms with Gasteiger partial charge in [0.25, 0.3) is 0 Å². The molecule has 0 heterocycles. The molecule has 0 spiro atoms. The summed E-state index contributed by atoms with van der Waals surface area (Å²) in [6.45, 7) is 6.97. The lowest BCUT2D eigenvalue weighted by atomic mass is 10.2. The molecule has 0 atom stereocenters. The minimum absolute atomic E-state index is 0.131. The Labute approximate surface area is 117 Å². The van der Waals surface area contributed by atoms with Crippen LogP contribution in [-0.4, -0.2) is 18.2 Å². The number of hydrogen-bond donors (Lipinski definition) is 1. The second-order valence-corrected chi connectivity index (χ2v) is 5.43. The summed E-state index contributed by atoms with van der Waals surface area (Å²) in [6.07, 6.45) is -0.282. The summed E-state index contributed by atoms with van der Waals surface area (Å²) in [6, 6.07) is 2.15. The number of anilines is 2. The standard InChI is InChI=1S/C14H20F2N2O2/c1-5-8-18(13(19)20-14(2,3)4)12-9(15)6-7-10(17)11(12)16/h6-7H,5,8,17H2,1-4H3. The van der Waals surface area contributed by atoms with Crippen LogP contribution in [0.15, 0.2) is 12.1 Å². The van der Waals surface area contributed by atoms with Crippen molar-refractivity contribution in [3.05, 3.63) is 23.8 Å². The predicted molar refractivity (Wildman–Crippen MR) is 74.6 cm³/mol. The van der Waals surface area contributed by atoms with E-state index < -0.39 is 29.0 Å². The molecule has 1 aromatic carbocycles. The summed E-state index contributed by atoms with van der Waals surface area (Å²) in [5.41, 5.74) is 3.99. The molecule has 0 saturated carbocycles. The quantitative estimate of drug-likeness (QED) is 0.862. The van der Waals surface area contributed by atoms with E-state index in [1.807, 2.05) is 0 Å². The zero-order chi connectivity index (χ0) is 15.5. The molecule has 6 heteroatoms. The van der Waals surface area contributed by atoms with Gasteiger partial charge in [0.15, 0.2) is 5.82 Å². The highest BCUT2D eigenvalue weighted by atomic mass is 19.1. The van der Waals surface area contributed by atoms with Crippen LogP contribution in [-0.2, 0) is 4.74 Å². The van der Waals surface area contributed by atoms with Gasteiger partial charge in [0, 0.05) is 6.54 Å². The lowest BCUT2D eigenvalue weighted by Crippen LogP contribution is -2.38. The maximum Gasteiger partial charge on any atom is 0.414 e. The van der Waals surface area contributed by atoms with E-state index in [9.17, 15) is 13.6 Å². The number of rotatable bonds is 3. The van der Waals surface area contributed by atoms with Gasteiger partial charge in [-0.3, -0.25) is 4.90 Å². The summed E-state index contributed by atoms with van der Waals surface area (Å²) >= 11 is 0. The number of amides is 1. The van der Waals surface area contributed by atoms with Crippen molar-refractivity contribution in [2.45, 2.75) is 39.7 Å². The topological polar surface area (TPSA) is 55.6 Å². The molecule has 0 aromatic heterocycles. The van der Waals surface area contributed by atoms with Crippen molar-refractivity contribution in [3.63, 3.8) is 0 Å². The van der Waals surface area contributed by atoms with Crippen molar-refractivity contribution in [2.24, 2.45) is 0 Å². The van der Waals surface area contributed by atoms with Gasteiger partial charge < -0.3 is 10.5 Å². The summed E-state index contributed by atoms with van der Waals surface area (Å²) in [4.78, 5) is 13.0. The van der Waals surface area contributed by atoms with Gasteiger partial charge in [-0.2, -0.15) is 0 Å². The van der Waals surface area contributed by atoms with Crippen LogP contribution in [0.3, 0.4) is 0 Å². The molecule has 0 radical (unpaired) electrons. The minimum Gasteiger partial charge on any atom is -0.443 e. The van der Waals surface area contributed by atoms with Crippen molar-refractivity contribution in [2.75, 3.05) is 17.2 Å². The summed E-state index contributed by atoms with van der Waals surface area (Å²) in [5, 5.41) is 0. The Bertz CT molecular complexity index is 499. The van der Waals surface area contributed by atoms with Crippen LogP contribution in [0, 0.1) is 11.6 Å². The monoisotopic (exact) mass is 286 g/mol. The summed E-state index contributed by atoms with van der Waals surface area (Å²) < 4.78 is 33.0. The molecule has 0 fully saturated rings.